The van der Waals surface area contributed by atoms with Gasteiger partial charge < -0.3 is 5.73 Å². The fourth-order valence-corrected chi connectivity index (χ4v) is 7.09. The number of anilines is 1. The summed E-state index contributed by atoms with van der Waals surface area (Å²) in [5.41, 5.74) is 9.62. The number of hydrogen-bond acceptors (Lipinski definition) is 8. The van der Waals surface area contributed by atoms with Gasteiger partial charge in [0.2, 0.25) is 0 Å². The maximum absolute atomic E-state index is 13.7. The van der Waals surface area contributed by atoms with Crippen LogP contribution in [0.5, 0.6) is 0 Å². The first kappa shape index (κ1) is 23.8. The van der Waals surface area contributed by atoms with Gasteiger partial charge in [-0.2, -0.15) is 10.5 Å². The first-order chi connectivity index (χ1) is 17.2. The monoisotopic (exact) mass is 499 g/mol. The number of Topliss-reactive ketones (excluding diaryl/α,β-unsaturated/α-hetero) is 1. The van der Waals surface area contributed by atoms with E-state index in [0.29, 0.717) is 33.8 Å². The molecule has 0 unspecified atom stereocenters. The van der Waals surface area contributed by atoms with Crippen molar-refractivity contribution in [1.82, 2.24) is 0 Å². The Labute approximate surface area is 213 Å². The van der Waals surface area contributed by atoms with Crippen LogP contribution in [0.15, 0.2) is 46.9 Å². The summed E-state index contributed by atoms with van der Waals surface area (Å²) in [6.45, 7) is 4.03. The van der Waals surface area contributed by atoms with Crippen molar-refractivity contribution in [2.24, 2.45) is 11.1 Å². The molecule has 0 spiro atoms. The Morgan fingerprint density at radius 2 is 1.94 bits per heavy atom. The number of non-ortho nitro benzene ring substituents is 1. The molecule has 2 N–H and O–H groups in total. The quantitative estimate of drug-likeness (QED) is 0.444. The minimum Gasteiger partial charge on any atom is -0.384 e. The van der Waals surface area contributed by atoms with Gasteiger partial charge in [-0.1, -0.05) is 26.0 Å². The van der Waals surface area contributed by atoms with E-state index in [0.717, 1.165) is 36.1 Å². The average Bonchev–Trinajstić information content (AvgIpc) is 3.20. The van der Waals surface area contributed by atoms with Crippen molar-refractivity contribution in [3.8, 4) is 12.1 Å². The largest absolute Gasteiger partial charge is 0.384 e. The molecular formula is C27H25N5O3S. The summed E-state index contributed by atoms with van der Waals surface area (Å²) in [6.07, 6.45) is 4.60. The second-order valence-electron chi connectivity index (χ2n) is 10.3. The van der Waals surface area contributed by atoms with Crippen molar-refractivity contribution >= 4 is 27.8 Å². The Morgan fingerprint density at radius 3 is 2.64 bits per heavy atom. The molecule has 0 radical (unpaired) electrons. The Kier molecular flexibility index (Phi) is 5.69. The lowest BCUT2D eigenvalue weighted by molar-refractivity contribution is -0.384. The van der Waals surface area contributed by atoms with Crippen LogP contribution in [0, 0.1) is 38.2 Å². The molecule has 3 aliphatic rings. The minimum absolute atomic E-state index is 0.108. The van der Waals surface area contributed by atoms with Crippen molar-refractivity contribution in [3.63, 3.8) is 0 Å². The van der Waals surface area contributed by atoms with Gasteiger partial charge >= 0.3 is 0 Å². The van der Waals surface area contributed by atoms with Gasteiger partial charge in [-0.15, -0.1) is 11.3 Å². The number of nitrogens with two attached hydrogens (primary N) is 1. The summed E-state index contributed by atoms with van der Waals surface area (Å²) in [7, 11) is 0. The number of aryl methyl sites for hydroxylation is 1. The van der Waals surface area contributed by atoms with Crippen LogP contribution in [-0.4, -0.2) is 10.7 Å². The van der Waals surface area contributed by atoms with Gasteiger partial charge in [0.05, 0.1) is 28.0 Å². The molecule has 0 bridgehead atoms. The van der Waals surface area contributed by atoms with Gasteiger partial charge in [0.25, 0.3) is 5.69 Å². The van der Waals surface area contributed by atoms with E-state index in [1.807, 2.05) is 13.8 Å². The Bertz CT molecular complexity index is 1470. The first-order valence-electron chi connectivity index (χ1n) is 11.9. The lowest BCUT2D eigenvalue weighted by Gasteiger charge is -2.43. The van der Waals surface area contributed by atoms with E-state index < -0.39 is 10.8 Å². The number of nitro benzene ring substituents is 1. The van der Waals surface area contributed by atoms with Crippen LogP contribution in [0.1, 0.15) is 67.0 Å². The van der Waals surface area contributed by atoms with Gasteiger partial charge in [-0.25, -0.2) is 0 Å². The Balaban J connectivity index is 1.79. The number of nitriles is 2. The number of carbonyl (C=O) groups is 1. The highest BCUT2D eigenvalue weighted by Gasteiger charge is 2.46. The molecule has 0 saturated heterocycles. The maximum Gasteiger partial charge on any atom is 0.269 e. The van der Waals surface area contributed by atoms with E-state index in [2.05, 4.69) is 12.1 Å². The van der Waals surface area contributed by atoms with Crippen LogP contribution in [0.25, 0.3) is 0 Å². The van der Waals surface area contributed by atoms with Crippen molar-refractivity contribution in [2.75, 3.05) is 4.90 Å². The number of nitrogens with zero attached hydrogens (tertiary/aromatic N) is 4. The summed E-state index contributed by atoms with van der Waals surface area (Å²) in [6, 6.07) is 10.6. The number of ketones is 1. The topological polar surface area (TPSA) is 137 Å². The third-order valence-electron chi connectivity index (χ3n) is 7.26. The highest BCUT2D eigenvalue weighted by Crippen LogP contribution is 2.53. The van der Waals surface area contributed by atoms with Crippen molar-refractivity contribution in [1.29, 1.82) is 10.5 Å². The molecule has 2 aliphatic carbocycles. The highest BCUT2D eigenvalue weighted by molar-refractivity contribution is 7.16. The molecule has 0 amide bonds. The van der Waals surface area contributed by atoms with Gasteiger partial charge in [0.1, 0.15) is 16.9 Å². The number of rotatable bonds is 3. The summed E-state index contributed by atoms with van der Waals surface area (Å²) < 4.78 is 0. The van der Waals surface area contributed by atoms with Crippen LogP contribution < -0.4 is 10.6 Å². The molecular weight excluding hydrogens is 474 g/mol. The molecule has 2 aromatic rings. The van der Waals surface area contributed by atoms with Crippen molar-refractivity contribution in [2.45, 2.75) is 58.3 Å². The third-order valence-corrected chi connectivity index (χ3v) is 8.54. The van der Waals surface area contributed by atoms with Crippen molar-refractivity contribution in [3.05, 3.63) is 78.6 Å². The normalized spacial score (nSPS) is 20.9. The molecule has 2 heterocycles. The SMILES string of the molecule is CC1(C)CC(=O)C2=C(C1)N(c1sc3c(c1C#N)CCCC3)C(N)=C(C#N)[C@@H]2c1cccc([N+](=O)[O-])c1. The molecule has 0 saturated carbocycles. The smallest absolute Gasteiger partial charge is 0.269 e. The molecule has 182 valence electrons. The van der Waals surface area contributed by atoms with Crippen LogP contribution in [-0.2, 0) is 17.6 Å². The van der Waals surface area contributed by atoms with Gasteiger partial charge in [-0.05, 0) is 48.6 Å². The molecule has 9 heteroatoms. The first-order valence-corrected chi connectivity index (χ1v) is 12.7. The zero-order chi connectivity index (χ0) is 25.8. The number of hydrogen-bond donors (Lipinski definition) is 1. The molecule has 1 aromatic carbocycles. The van der Waals surface area contributed by atoms with E-state index in [-0.39, 0.29) is 34.7 Å². The predicted molar refractivity (Wildman–Crippen MR) is 136 cm³/mol. The number of thiophene rings is 1. The van der Waals surface area contributed by atoms with Gasteiger partial charge in [0.15, 0.2) is 5.78 Å². The van der Waals surface area contributed by atoms with E-state index >= 15 is 0 Å². The van der Waals surface area contributed by atoms with Crippen LogP contribution >= 0.6 is 11.3 Å². The average molecular weight is 500 g/mol. The van der Waals surface area contributed by atoms with Crippen LogP contribution in [0.4, 0.5) is 10.7 Å². The molecule has 5 rings (SSSR count). The molecule has 36 heavy (non-hydrogen) atoms. The second-order valence-corrected chi connectivity index (χ2v) is 11.4. The van der Waals surface area contributed by atoms with Gasteiger partial charge in [-0.3, -0.25) is 19.8 Å². The Morgan fingerprint density at radius 1 is 1.19 bits per heavy atom. The summed E-state index contributed by atoms with van der Waals surface area (Å²) in [5, 5.41) is 32.5. The molecule has 8 nitrogen and oxygen atoms in total. The van der Waals surface area contributed by atoms with E-state index in [4.69, 9.17) is 5.73 Å². The molecule has 1 aliphatic heterocycles. The molecule has 0 fully saturated rings. The highest BCUT2D eigenvalue weighted by atomic mass is 32.1. The van der Waals surface area contributed by atoms with E-state index in [1.165, 1.54) is 23.5 Å². The fraction of sp³-hybridized carbons (Fsp3) is 0.370. The van der Waals surface area contributed by atoms with E-state index in [9.17, 15) is 25.4 Å². The predicted octanol–water partition coefficient (Wildman–Crippen LogP) is 5.35. The molecule has 1 aromatic heterocycles. The summed E-state index contributed by atoms with van der Waals surface area (Å²) >= 11 is 1.51. The maximum atomic E-state index is 13.7. The standard InChI is InChI=1S/C27H25N5O3S/c1-27(2)11-20-24(21(33)12-27)23(15-6-5-7-16(10-15)32(34)35)19(14-29)25(30)31(20)26-18(13-28)17-8-3-4-9-22(17)36-26/h5-7,10,23H,3-4,8-9,11-12,30H2,1-2H3/t23-/m0/s1. The van der Waals surface area contributed by atoms with Crippen molar-refractivity contribution < 1.29 is 9.72 Å². The second kappa shape index (κ2) is 8.61. The molecule has 1 atom stereocenters. The van der Waals surface area contributed by atoms with Crippen LogP contribution in [0.3, 0.4) is 0 Å². The number of allylic oxidation sites excluding steroid dienone is 3. The summed E-state index contributed by atoms with van der Waals surface area (Å²) in [5.74, 6) is -0.735. The zero-order valence-electron chi connectivity index (χ0n) is 20.1. The number of fused-ring (bicyclic) bond motifs is 1. The number of carbonyl (C=O) groups excluding carboxylic acids is 1. The summed E-state index contributed by atoms with van der Waals surface area (Å²) in [4.78, 5) is 27.6. The van der Waals surface area contributed by atoms with Gasteiger partial charge in [0, 0.05) is 34.7 Å². The fourth-order valence-electron chi connectivity index (χ4n) is 5.72. The van der Waals surface area contributed by atoms with E-state index in [1.54, 1.807) is 17.0 Å². The lowest BCUT2D eigenvalue weighted by Crippen LogP contribution is -2.42. The Hall–Kier alpha value is -3.95. The van der Waals surface area contributed by atoms with Crippen LogP contribution in [0.2, 0.25) is 0 Å². The lowest BCUT2D eigenvalue weighted by atomic mass is 9.68. The number of benzene rings is 1. The zero-order valence-corrected chi connectivity index (χ0v) is 20.9. The third kappa shape index (κ3) is 3.68. The minimum atomic E-state index is -0.801. The number of nitro groups is 1.